The number of aryl methyl sites for hydroxylation is 2. The molecule has 0 saturated heterocycles. The minimum atomic E-state index is -4.80. The molecule has 0 N–H and O–H groups in total. The summed E-state index contributed by atoms with van der Waals surface area (Å²) in [6, 6.07) is 17.2. The maximum atomic E-state index is 15.0. The van der Waals surface area contributed by atoms with Crippen LogP contribution in [0.3, 0.4) is 0 Å². The van der Waals surface area contributed by atoms with Crippen LogP contribution < -0.4 is 0 Å². The Balaban J connectivity index is 1.90. The first-order chi connectivity index (χ1) is 14.8. The van der Waals surface area contributed by atoms with E-state index in [4.69, 9.17) is 0 Å². The van der Waals surface area contributed by atoms with Gasteiger partial charge in [0.1, 0.15) is 5.82 Å². The van der Waals surface area contributed by atoms with Gasteiger partial charge in [-0.3, -0.25) is 0 Å². The molecule has 0 radical (unpaired) electrons. The molecule has 0 unspecified atom stereocenters. The van der Waals surface area contributed by atoms with Crippen molar-refractivity contribution in [2.75, 3.05) is 0 Å². The summed E-state index contributed by atoms with van der Waals surface area (Å²) >= 11 is 0. The first kappa shape index (κ1) is 22.8. The molecule has 0 bridgehead atoms. The lowest BCUT2D eigenvalue weighted by Gasteiger charge is -2.15. The van der Waals surface area contributed by atoms with E-state index in [0.29, 0.717) is 5.56 Å². The van der Waals surface area contributed by atoms with Crippen molar-refractivity contribution in [1.29, 1.82) is 0 Å². The Morgan fingerprint density at radius 2 is 1.48 bits per heavy atom. The first-order valence-corrected chi connectivity index (χ1v) is 10.5. The quantitative estimate of drug-likeness (QED) is 0.201. The topological polar surface area (TPSA) is 0 Å². The molecule has 0 fully saturated rings. The van der Waals surface area contributed by atoms with Crippen molar-refractivity contribution < 1.29 is 17.6 Å². The normalized spacial score (nSPS) is 11.9. The highest BCUT2D eigenvalue weighted by Crippen LogP contribution is 2.39. The zero-order valence-electron chi connectivity index (χ0n) is 17.8. The van der Waals surface area contributed by atoms with Crippen molar-refractivity contribution >= 4 is 12.2 Å². The Labute approximate surface area is 181 Å². The number of rotatable bonds is 7. The molecule has 0 saturated carbocycles. The lowest BCUT2D eigenvalue weighted by molar-refractivity contribution is -0.140. The Bertz CT molecular complexity index is 1030. The second-order valence-corrected chi connectivity index (χ2v) is 7.79. The van der Waals surface area contributed by atoms with Gasteiger partial charge in [0.25, 0.3) is 0 Å². The second-order valence-electron chi connectivity index (χ2n) is 7.79. The fraction of sp³-hybridized carbons (Fsp3) is 0.259. The van der Waals surface area contributed by atoms with Gasteiger partial charge >= 0.3 is 6.18 Å². The molecule has 0 heterocycles. The Morgan fingerprint density at radius 3 is 2.10 bits per heavy atom. The summed E-state index contributed by atoms with van der Waals surface area (Å²) in [7, 11) is 0. The van der Waals surface area contributed by atoms with Crippen LogP contribution in [0.2, 0.25) is 0 Å². The molecule has 0 amide bonds. The van der Waals surface area contributed by atoms with Crippen molar-refractivity contribution in [1.82, 2.24) is 0 Å². The Morgan fingerprint density at radius 1 is 0.806 bits per heavy atom. The lowest BCUT2D eigenvalue weighted by Crippen LogP contribution is -2.11. The van der Waals surface area contributed by atoms with Crippen LogP contribution in [-0.2, 0) is 12.6 Å². The number of benzene rings is 3. The molecule has 0 aliphatic heterocycles. The molecular weight excluding hydrogens is 400 g/mol. The molecule has 0 spiro atoms. The van der Waals surface area contributed by atoms with E-state index in [1.807, 2.05) is 31.2 Å². The van der Waals surface area contributed by atoms with E-state index in [2.05, 4.69) is 6.92 Å². The number of unbranched alkanes of at least 4 members (excludes halogenated alkanes) is 2. The van der Waals surface area contributed by atoms with Gasteiger partial charge in [-0.05, 0) is 42.0 Å². The van der Waals surface area contributed by atoms with Crippen molar-refractivity contribution in [3.8, 4) is 11.1 Å². The SMILES string of the molecule is CCCCCc1ccc(/C=C/c2ccc(-c3ccc(C)cc3)c(F)c2C(F)(F)F)cc1. The molecular formula is C27H26F4. The van der Waals surface area contributed by atoms with Crippen LogP contribution in [0.5, 0.6) is 0 Å². The highest BCUT2D eigenvalue weighted by atomic mass is 19.4. The molecule has 0 atom stereocenters. The average Bonchev–Trinajstić information content (AvgIpc) is 2.73. The van der Waals surface area contributed by atoms with E-state index in [1.54, 1.807) is 30.3 Å². The van der Waals surface area contributed by atoms with Gasteiger partial charge in [0, 0.05) is 5.56 Å². The number of hydrogen-bond donors (Lipinski definition) is 0. The van der Waals surface area contributed by atoms with Crippen molar-refractivity contribution in [3.63, 3.8) is 0 Å². The van der Waals surface area contributed by atoms with Gasteiger partial charge in [-0.1, -0.05) is 98.1 Å². The highest BCUT2D eigenvalue weighted by Gasteiger charge is 2.37. The number of hydrogen-bond acceptors (Lipinski definition) is 0. The van der Waals surface area contributed by atoms with E-state index in [1.165, 1.54) is 30.2 Å². The predicted octanol–water partition coefficient (Wildman–Crippen LogP) is 8.72. The zero-order valence-corrected chi connectivity index (χ0v) is 17.8. The van der Waals surface area contributed by atoms with Crippen LogP contribution in [0.4, 0.5) is 17.6 Å². The number of halogens is 4. The average molecular weight is 426 g/mol. The van der Waals surface area contributed by atoms with Crippen molar-refractivity contribution in [3.05, 3.63) is 94.3 Å². The van der Waals surface area contributed by atoms with E-state index >= 15 is 0 Å². The summed E-state index contributed by atoms with van der Waals surface area (Å²) < 4.78 is 56.2. The molecule has 3 rings (SSSR count). The molecule has 4 heteroatoms. The minimum absolute atomic E-state index is 0.0547. The molecule has 162 valence electrons. The van der Waals surface area contributed by atoms with E-state index < -0.39 is 17.6 Å². The highest BCUT2D eigenvalue weighted by molar-refractivity contribution is 5.75. The number of alkyl halides is 3. The van der Waals surface area contributed by atoms with Gasteiger partial charge in [-0.2, -0.15) is 13.2 Å². The third kappa shape index (κ3) is 5.84. The van der Waals surface area contributed by atoms with Gasteiger partial charge in [0.05, 0.1) is 5.56 Å². The van der Waals surface area contributed by atoms with Crippen LogP contribution in [0.15, 0.2) is 60.7 Å². The van der Waals surface area contributed by atoms with Gasteiger partial charge in [-0.25, -0.2) is 4.39 Å². The predicted molar refractivity (Wildman–Crippen MR) is 120 cm³/mol. The maximum absolute atomic E-state index is 15.0. The van der Waals surface area contributed by atoms with Gasteiger partial charge in [0.2, 0.25) is 0 Å². The van der Waals surface area contributed by atoms with Crippen LogP contribution in [-0.4, -0.2) is 0 Å². The Hall–Kier alpha value is -2.88. The minimum Gasteiger partial charge on any atom is -0.206 e. The van der Waals surface area contributed by atoms with Gasteiger partial charge in [-0.15, -0.1) is 0 Å². The zero-order chi connectivity index (χ0) is 22.4. The van der Waals surface area contributed by atoms with Crippen LogP contribution in [0, 0.1) is 12.7 Å². The second kappa shape index (κ2) is 9.95. The molecule has 0 aliphatic carbocycles. The lowest BCUT2D eigenvalue weighted by atomic mass is 9.96. The summed E-state index contributed by atoms with van der Waals surface area (Å²) in [5.41, 5.74) is 1.87. The monoisotopic (exact) mass is 426 g/mol. The molecule has 31 heavy (non-hydrogen) atoms. The summed E-state index contributed by atoms with van der Waals surface area (Å²) in [5.74, 6) is -1.25. The van der Waals surface area contributed by atoms with Gasteiger partial charge < -0.3 is 0 Å². The fourth-order valence-electron chi connectivity index (χ4n) is 3.53. The van der Waals surface area contributed by atoms with Crippen LogP contribution >= 0.6 is 0 Å². The summed E-state index contributed by atoms with van der Waals surface area (Å²) in [6.45, 7) is 4.02. The van der Waals surface area contributed by atoms with E-state index in [0.717, 1.165) is 30.4 Å². The fourth-order valence-corrected chi connectivity index (χ4v) is 3.53. The van der Waals surface area contributed by atoms with Crippen molar-refractivity contribution in [2.45, 2.75) is 45.7 Å². The van der Waals surface area contributed by atoms with Crippen molar-refractivity contribution in [2.24, 2.45) is 0 Å². The molecule has 0 aromatic heterocycles. The van der Waals surface area contributed by atoms with E-state index in [-0.39, 0.29) is 11.1 Å². The molecule has 3 aromatic rings. The summed E-state index contributed by atoms with van der Waals surface area (Å²) in [4.78, 5) is 0. The maximum Gasteiger partial charge on any atom is 0.419 e. The van der Waals surface area contributed by atoms with Crippen LogP contribution in [0.1, 0.15) is 54.0 Å². The standard InChI is InChI=1S/C27H26F4/c1-3-4-5-6-20-9-11-21(12-10-20)13-16-23-17-18-24(22-14-7-19(2)8-15-22)26(28)25(23)27(29,30)31/h7-18H,3-6H2,1-2H3/b16-13+. The third-order valence-corrected chi connectivity index (χ3v) is 5.32. The largest absolute Gasteiger partial charge is 0.419 e. The van der Waals surface area contributed by atoms with Crippen LogP contribution in [0.25, 0.3) is 23.3 Å². The summed E-state index contributed by atoms with van der Waals surface area (Å²) in [5, 5.41) is 0. The molecule has 0 nitrogen and oxygen atoms in total. The van der Waals surface area contributed by atoms with E-state index in [9.17, 15) is 17.6 Å². The molecule has 3 aromatic carbocycles. The molecule has 0 aliphatic rings. The Kier molecular flexibility index (Phi) is 7.32. The third-order valence-electron chi connectivity index (χ3n) is 5.32. The smallest absolute Gasteiger partial charge is 0.206 e. The first-order valence-electron chi connectivity index (χ1n) is 10.5. The summed E-state index contributed by atoms with van der Waals surface area (Å²) in [6.07, 6.45) is 2.55. The van der Waals surface area contributed by atoms with Gasteiger partial charge in [0.15, 0.2) is 0 Å².